The Morgan fingerprint density at radius 3 is 2.87 bits per heavy atom. The molecule has 0 unspecified atom stereocenters. The first-order valence-electron chi connectivity index (χ1n) is 7.19. The first-order valence-corrected chi connectivity index (χ1v) is 9.40. The second kappa shape index (κ2) is 6.72. The lowest BCUT2D eigenvalue weighted by Gasteiger charge is -2.05. The highest BCUT2D eigenvalue weighted by Gasteiger charge is 2.12. The van der Waals surface area contributed by atoms with Crippen molar-refractivity contribution >= 4 is 39.2 Å². The van der Waals surface area contributed by atoms with Gasteiger partial charge in [0, 0.05) is 18.4 Å². The van der Waals surface area contributed by atoms with Gasteiger partial charge in [-0.2, -0.15) is 16.8 Å². The van der Waals surface area contributed by atoms with E-state index in [1.54, 1.807) is 11.8 Å². The largest absolute Gasteiger partial charge is 0.351 e. The van der Waals surface area contributed by atoms with Crippen molar-refractivity contribution in [3.05, 3.63) is 46.1 Å². The Morgan fingerprint density at radius 2 is 2.17 bits per heavy atom. The van der Waals surface area contributed by atoms with Crippen LogP contribution in [-0.4, -0.2) is 27.6 Å². The second-order valence-corrected chi connectivity index (χ2v) is 7.22. The van der Waals surface area contributed by atoms with Gasteiger partial charge in [-0.05, 0) is 43.4 Å². The average molecular weight is 347 g/mol. The Labute approximate surface area is 142 Å². The lowest BCUT2D eigenvalue weighted by molar-refractivity contribution is 0.0962. The normalized spacial score (nSPS) is 12.2. The topological polar surface area (TPSA) is 60.4 Å². The molecule has 0 saturated carbocycles. The molecule has 1 amide bonds. The molecule has 3 aromatic rings. The van der Waals surface area contributed by atoms with Crippen LogP contribution in [0.15, 0.2) is 33.9 Å². The minimum atomic E-state index is -0.402. The Kier molecular flexibility index (Phi) is 4.68. The molecule has 23 heavy (non-hydrogen) atoms. The number of nitrogens with zero attached hydrogens (tertiary/aromatic N) is 3. The summed E-state index contributed by atoms with van der Waals surface area (Å²) >= 11 is 3.30. The fourth-order valence-corrected chi connectivity index (χ4v) is 3.77. The smallest absolute Gasteiger partial charge is 0.318 e. The van der Waals surface area contributed by atoms with Crippen LogP contribution in [0.1, 0.15) is 21.7 Å². The van der Waals surface area contributed by atoms with Gasteiger partial charge < -0.3 is 9.09 Å². The molecule has 0 N–H and O–H groups in total. The van der Waals surface area contributed by atoms with E-state index in [1.165, 1.54) is 34.7 Å². The van der Waals surface area contributed by atoms with Crippen molar-refractivity contribution in [2.45, 2.75) is 20.4 Å². The zero-order chi connectivity index (χ0) is 16.4. The standard InChI is InChI=1S/C16H17N3O2S2/c1-10-8-12-14(9-11(10)2)23-16(19(12)6-7-22-3)18-15(20)13-4-5-17-21-13/h4-5,8-9H,6-7H2,1-3H3. The lowest BCUT2D eigenvalue weighted by atomic mass is 10.1. The van der Waals surface area contributed by atoms with E-state index < -0.39 is 5.91 Å². The van der Waals surface area contributed by atoms with Crippen LogP contribution in [0.4, 0.5) is 0 Å². The number of benzene rings is 1. The first-order chi connectivity index (χ1) is 11.1. The predicted molar refractivity (Wildman–Crippen MR) is 94.1 cm³/mol. The lowest BCUT2D eigenvalue weighted by Crippen LogP contribution is -2.18. The van der Waals surface area contributed by atoms with E-state index in [0.29, 0.717) is 4.80 Å². The maximum atomic E-state index is 12.2. The van der Waals surface area contributed by atoms with Crippen molar-refractivity contribution < 1.29 is 9.32 Å². The van der Waals surface area contributed by atoms with E-state index in [9.17, 15) is 4.79 Å². The zero-order valence-corrected chi connectivity index (χ0v) is 14.8. The Bertz CT molecular complexity index is 907. The number of hydrogen-bond donors (Lipinski definition) is 0. The third-order valence-corrected chi connectivity index (χ3v) is 5.30. The molecule has 0 aliphatic heterocycles. The summed E-state index contributed by atoms with van der Waals surface area (Å²) in [5.74, 6) is 0.717. The number of hydrogen-bond acceptors (Lipinski definition) is 5. The summed E-state index contributed by atoms with van der Waals surface area (Å²) < 4.78 is 8.14. The Hall–Kier alpha value is -1.86. The highest BCUT2D eigenvalue weighted by molar-refractivity contribution is 7.98. The Balaban J connectivity index is 2.16. The van der Waals surface area contributed by atoms with Gasteiger partial charge in [0.1, 0.15) is 0 Å². The summed E-state index contributed by atoms with van der Waals surface area (Å²) in [5, 5.41) is 3.56. The number of aryl methyl sites for hydroxylation is 3. The van der Waals surface area contributed by atoms with E-state index in [0.717, 1.165) is 22.5 Å². The van der Waals surface area contributed by atoms with Crippen LogP contribution < -0.4 is 4.80 Å². The maximum Gasteiger partial charge on any atom is 0.318 e. The summed E-state index contributed by atoms with van der Waals surface area (Å²) in [7, 11) is 0. The monoisotopic (exact) mass is 347 g/mol. The number of aromatic nitrogens is 2. The molecular weight excluding hydrogens is 330 g/mol. The number of carbonyl (C=O) groups excluding carboxylic acids is 1. The minimum Gasteiger partial charge on any atom is -0.351 e. The van der Waals surface area contributed by atoms with E-state index >= 15 is 0 Å². The van der Waals surface area contributed by atoms with Crippen molar-refractivity contribution in [1.29, 1.82) is 0 Å². The van der Waals surface area contributed by atoms with Crippen molar-refractivity contribution in [2.24, 2.45) is 4.99 Å². The molecule has 0 aliphatic carbocycles. The third kappa shape index (κ3) is 3.25. The van der Waals surface area contributed by atoms with Gasteiger partial charge in [-0.15, -0.1) is 0 Å². The quantitative estimate of drug-likeness (QED) is 0.726. The predicted octanol–water partition coefficient (Wildman–Crippen LogP) is 3.41. The number of thiazole rings is 1. The van der Waals surface area contributed by atoms with Gasteiger partial charge >= 0.3 is 5.91 Å². The highest BCUT2D eigenvalue weighted by atomic mass is 32.2. The fourth-order valence-electron chi connectivity index (χ4n) is 2.27. The molecule has 3 rings (SSSR count). The van der Waals surface area contributed by atoms with Gasteiger partial charge in [-0.3, -0.25) is 4.79 Å². The van der Waals surface area contributed by atoms with Gasteiger partial charge in [0.05, 0.1) is 16.4 Å². The number of thioether (sulfide) groups is 1. The number of carbonyl (C=O) groups is 1. The SMILES string of the molecule is CSCCn1c(=NC(=O)c2ccno2)sc2cc(C)c(C)cc21. The van der Waals surface area contributed by atoms with Gasteiger partial charge in [0.2, 0.25) is 5.76 Å². The van der Waals surface area contributed by atoms with Gasteiger partial charge in [0.15, 0.2) is 4.80 Å². The van der Waals surface area contributed by atoms with E-state index in [4.69, 9.17) is 4.52 Å². The molecule has 0 spiro atoms. The van der Waals surface area contributed by atoms with E-state index in [2.05, 4.69) is 47.0 Å². The second-order valence-electron chi connectivity index (χ2n) is 5.23. The molecule has 0 bridgehead atoms. The molecule has 5 nitrogen and oxygen atoms in total. The summed E-state index contributed by atoms with van der Waals surface area (Å²) in [5.41, 5.74) is 3.60. The van der Waals surface area contributed by atoms with Crippen LogP contribution in [0.3, 0.4) is 0 Å². The van der Waals surface area contributed by atoms with Crippen LogP contribution >= 0.6 is 23.1 Å². The summed E-state index contributed by atoms with van der Waals surface area (Å²) in [6.07, 6.45) is 3.52. The average Bonchev–Trinajstić information content (AvgIpc) is 3.15. The molecule has 2 heterocycles. The summed E-state index contributed by atoms with van der Waals surface area (Å²) in [6, 6.07) is 5.85. The number of rotatable bonds is 4. The van der Waals surface area contributed by atoms with E-state index in [-0.39, 0.29) is 5.76 Å². The summed E-state index contributed by atoms with van der Waals surface area (Å²) in [6.45, 7) is 5.01. The number of amides is 1. The molecule has 0 radical (unpaired) electrons. The molecule has 1 aromatic carbocycles. The van der Waals surface area contributed by atoms with Crippen molar-refractivity contribution in [1.82, 2.24) is 9.72 Å². The van der Waals surface area contributed by atoms with Gasteiger partial charge in [0.25, 0.3) is 0 Å². The van der Waals surface area contributed by atoms with Crippen LogP contribution in [0, 0.1) is 13.8 Å². The maximum absolute atomic E-state index is 12.2. The molecule has 0 fully saturated rings. The highest BCUT2D eigenvalue weighted by Crippen LogP contribution is 2.22. The molecular formula is C16H17N3O2S2. The first kappa shape index (κ1) is 16.0. The molecule has 120 valence electrons. The van der Waals surface area contributed by atoms with E-state index in [1.807, 2.05) is 0 Å². The number of fused-ring (bicyclic) bond motifs is 1. The van der Waals surface area contributed by atoms with Crippen molar-refractivity contribution in [2.75, 3.05) is 12.0 Å². The molecule has 0 atom stereocenters. The minimum absolute atomic E-state index is 0.159. The van der Waals surface area contributed by atoms with Crippen molar-refractivity contribution in [3.8, 4) is 0 Å². The molecule has 2 aromatic heterocycles. The third-order valence-electron chi connectivity index (χ3n) is 3.66. The van der Waals surface area contributed by atoms with Gasteiger partial charge in [-0.1, -0.05) is 16.5 Å². The summed E-state index contributed by atoms with van der Waals surface area (Å²) in [4.78, 5) is 17.1. The molecule has 0 aliphatic rings. The van der Waals surface area contributed by atoms with Gasteiger partial charge in [-0.25, -0.2) is 0 Å². The van der Waals surface area contributed by atoms with Crippen molar-refractivity contribution in [3.63, 3.8) is 0 Å². The Morgan fingerprint density at radius 1 is 1.39 bits per heavy atom. The fraction of sp³-hybridized carbons (Fsp3) is 0.312. The van der Waals surface area contributed by atoms with Crippen LogP contribution in [0.25, 0.3) is 10.2 Å². The van der Waals surface area contributed by atoms with Crippen LogP contribution in [-0.2, 0) is 6.54 Å². The zero-order valence-electron chi connectivity index (χ0n) is 13.2. The van der Waals surface area contributed by atoms with Crippen LogP contribution in [0.5, 0.6) is 0 Å². The molecule has 7 heteroatoms. The van der Waals surface area contributed by atoms with Crippen LogP contribution in [0.2, 0.25) is 0 Å². The molecule has 0 saturated heterocycles.